The number of carboxylic acids is 1. The molecule has 4 nitrogen and oxygen atoms in total. The van der Waals surface area contributed by atoms with Gasteiger partial charge in [-0.25, -0.2) is 9.48 Å². The Morgan fingerprint density at radius 3 is 2.20 bits per heavy atom. The van der Waals surface area contributed by atoms with Gasteiger partial charge in [-0.15, -0.1) is 0 Å². The minimum Gasteiger partial charge on any atom is -0.478 e. The summed E-state index contributed by atoms with van der Waals surface area (Å²) >= 11 is 0. The third-order valence-electron chi connectivity index (χ3n) is 3.07. The molecule has 0 fully saturated rings. The predicted octanol–water partition coefficient (Wildman–Crippen LogP) is 3.24. The summed E-state index contributed by atoms with van der Waals surface area (Å²) in [5, 5.41) is 12.9. The molecular formula is C16H12N2O2. The Labute approximate surface area is 115 Å². The van der Waals surface area contributed by atoms with Crippen LogP contribution in [0.15, 0.2) is 67.0 Å². The zero-order valence-corrected chi connectivity index (χ0v) is 10.6. The molecule has 3 aromatic rings. The molecule has 0 aliphatic carbocycles. The molecule has 0 unspecified atom stereocenters. The summed E-state index contributed by atoms with van der Waals surface area (Å²) < 4.78 is 1.55. The van der Waals surface area contributed by atoms with Crippen LogP contribution in [0.2, 0.25) is 0 Å². The van der Waals surface area contributed by atoms with Crippen LogP contribution in [-0.2, 0) is 0 Å². The highest BCUT2D eigenvalue weighted by Crippen LogP contribution is 2.20. The molecule has 0 aliphatic heterocycles. The van der Waals surface area contributed by atoms with Gasteiger partial charge in [0, 0.05) is 6.20 Å². The van der Waals surface area contributed by atoms with Crippen molar-refractivity contribution in [3.8, 4) is 16.8 Å². The van der Waals surface area contributed by atoms with Crippen molar-refractivity contribution in [3.05, 3.63) is 72.6 Å². The number of rotatable bonds is 3. The maximum atomic E-state index is 10.8. The van der Waals surface area contributed by atoms with Crippen LogP contribution in [0.3, 0.4) is 0 Å². The van der Waals surface area contributed by atoms with E-state index in [0.29, 0.717) is 0 Å². The zero-order chi connectivity index (χ0) is 13.9. The summed E-state index contributed by atoms with van der Waals surface area (Å²) in [4.78, 5) is 10.8. The lowest BCUT2D eigenvalue weighted by molar-refractivity contribution is 0.0697. The Morgan fingerprint density at radius 1 is 0.950 bits per heavy atom. The molecule has 0 atom stereocenters. The van der Waals surface area contributed by atoms with E-state index in [1.165, 1.54) is 12.4 Å². The Bertz CT molecular complexity index is 731. The number of aromatic nitrogens is 2. The lowest BCUT2D eigenvalue weighted by atomic mass is 10.1. The lowest BCUT2D eigenvalue weighted by Gasteiger charge is -2.04. The Kier molecular flexibility index (Phi) is 3.05. The standard InChI is InChI=1S/C16H12N2O2/c19-16(20)14-10-17-18(11-14)15-8-6-13(7-9-15)12-4-2-1-3-5-12/h1-11H,(H,19,20). The summed E-state index contributed by atoms with van der Waals surface area (Å²) in [6.45, 7) is 0. The molecule has 1 aromatic heterocycles. The molecule has 98 valence electrons. The number of nitrogens with zero attached hydrogens (tertiary/aromatic N) is 2. The maximum Gasteiger partial charge on any atom is 0.338 e. The number of carbonyl (C=O) groups is 1. The van der Waals surface area contributed by atoms with Gasteiger partial charge in [0.05, 0.1) is 17.4 Å². The molecule has 0 amide bonds. The van der Waals surface area contributed by atoms with E-state index in [4.69, 9.17) is 5.11 Å². The zero-order valence-electron chi connectivity index (χ0n) is 10.6. The maximum absolute atomic E-state index is 10.8. The molecule has 1 N–H and O–H groups in total. The molecule has 20 heavy (non-hydrogen) atoms. The molecule has 1 heterocycles. The summed E-state index contributed by atoms with van der Waals surface area (Å²) in [5.41, 5.74) is 3.26. The summed E-state index contributed by atoms with van der Waals surface area (Å²) in [7, 11) is 0. The fourth-order valence-electron chi connectivity index (χ4n) is 2.01. The van der Waals surface area contributed by atoms with Gasteiger partial charge in [-0.2, -0.15) is 5.10 Å². The Balaban J connectivity index is 1.91. The first-order valence-electron chi connectivity index (χ1n) is 6.18. The summed E-state index contributed by atoms with van der Waals surface area (Å²) in [5.74, 6) is -0.975. The summed E-state index contributed by atoms with van der Waals surface area (Å²) in [6, 6.07) is 17.9. The van der Waals surface area contributed by atoms with Crippen LogP contribution in [0.25, 0.3) is 16.8 Å². The number of carboxylic acid groups (broad SMARTS) is 1. The average Bonchev–Trinajstić information content (AvgIpc) is 2.98. The van der Waals surface area contributed by atoms with E-state index in [1.807, 2.05) is 54.6 Å². The van der Waals surface area contributed by atoms with E-state index in [9.17, 15) is 4.79 Å². The fourth-order valence-corrected chi connectivity index (χ4v) is 2.01. The second kappa shape index (κ2) is 5.01. The molecule has 0 bridgehead atoms. The van der Waals surface area contributed by atoms with Gasteiger partial charge in [0.2, 0.25) is 0 Å². The van der Waals surface area contributed by atoms with Gasteiger partial charge >= 0.3 is 5.97 Å². The molecule has 0 saturated carbocycles. The van der Waals surface area contributed by atoms with E-state index in [2.05, 4.69) is 5.10 Å². The van der Waals surface area contributed by atoms with Gasteiger partial charge in [0.15, 0.2) is 0 Å². The second-order valence-corrected chi connectivity index (χ2v) is 4.39. The fraction of sp³-hybridized carbons (Fsp3) is 0. The number of aromatic carboxylic acids is 1. The van der Waals surface area contributed by atoms with Crippen molar-refractivity contribution >= 4 is 5.97 Å². The Hall–Kier alpha value is -2.88. The van der Waals surface area contributed by atoms with Crippen LogP contribution in [0.1, 0.15) is 10.4 Å². The van der Waals surface area contributed by atoms with Gasteiger partial charge in [0.1, 0.15) is 0 Å². The van der Waals surface area contributed by atoms with E-state index < -0.39 is 5.97 Å². The highest BCUT2D eigenvalue weighted by molar-refractivity contribution is 5.87. The third kappa shape index (κ3) is 2.31. The second-order valence-electron chi connectivity index (χ2n) is 4.39. The smallest absolute Gasteiger partial charge is 0.338 e. The van der Waals surface area contributed by atoms with Crippen LogP contribution >= 0.6 is 0 Å². The average molecular weight is 264 g/mol. The van der Waals surface area contributed by atoms with E-state index >= 15 is 0 Å². The van der Waals surface area contributed by atoms with E-state index in [-0.39, 0.29) is 5.56 Å². The molecule has 0 spiro atoms. The van der Waals surface area contributed by atoms with Crippen molar-refractivity contribution in [3.63, 3.8) is 0 Å². The topological polar surface area (TPSA) is 55.1 Å². The van der Waals surface area contributed by atoms with Gasteiger partial charge < -0.3 is 5.11 Å². The first-order chi connectivity index (χ1) is 9.74. The molecule has 3 rings (SSSR count). The molecule has 0 saturated heterocycles. The van der Waals surface area contributed by atoms with Crippen molar-refractivity contribution in [2.75, 3.05) is 0 Å². The highest BCUT2D eigenvalue weighted by atomic mass is 16.4. The van der Waals surface area contributed by atoms with Crippen molar-refractivity contribution in [1.82, 2.24) is 9.78 Å². The summed E-state index contributed by atoms with van der Waals surface area (Å²) in [6.07, 6.45) is 2.84. The van der Waals surface area contributed by atoms with Crippen LogP contribution in [0.4, 0.5) is 0 Å². The van der Waals surface area contributed by atoms with Gasteiger partial charge in [-0.3, -0.25) is 0 Å². The molecule has 2 aromatic carbocycles. The van der Waals surface area contributed by atoms with Crippen molar-refractivity contribution in [2.24, 2.45) is 0 Å². The molecule has 0 aliphatic rings. The molecule has 4 heteroatoms. The quantitative estimate of drug-likeness (QED) is 0.790. The van der Waals surface area contributed by atoms with Crippen LogP contribution < -0.4 is 0 Å². The van der Waals surface area contributed by atoms with Crippen LogP contribution in [0.5, 0.6) is 0 Å². The van der Waals surface area contributed by atoms with Crippen molar-refractivity contribution < 1.29 is 9.90 Å². The highest BCUT2D eigenvalue weighted by Gasteiger charge is 2.07. The first-order valence-corrected chi connectivity index (χ1v) is 6.18. The lowest BCUT2D eigenvalue weighted by Crippen LogP contribution is -1.95. The SMILES string of the molecule is O=C(O)c1cnn(-c2ccc(-c3ccccc3)cc2)c1. The van der Waals surface area contributed by atoms with Crippen molar-refractivity contribution in [2.45, 2.75) is 0 Å². The van der Waals surface area contributed by atoms with E-state index in [1.54, 1.807) is 4.68 Å². The Morgan fingerprint density at radius 2 is 1.60 bits per heavy atom. The monoisotopic (exact) mass is 264 g/mol. The predicted molar refractivity (Wildman–Crippen MR) is 76.0 cm³/mol. The van der Waals surface area contributed by atoms with Gasteiger partial charge in [0.25, 0.3) is 0 Å². The van der Waals surface area contributed by atoms with Gasteiger partial charge in [-0.1, -0.05) is 42.5 Å². The minimum atomic E-state index is -0.975. The van der Waals surface area contributed by atoms with Crippen LogP contribution in [-0.4, -0.2) is 20.9 Å². The molecule has 0 radical (unpaired) electrons. The third-order valence-corrected chi connectivity index (χ3v) is 3.07. The van der Waals surface area contributed by atoms with Crippen molar-refractivity contribution in [1.29, 1.82) is 0 Å². The van der Waals surface area contributed by atoms with Gasteiger partial charge in [-0.05, 0) is 23.3 Å². The number of benzene rings is 2. The molecular weight excluding hydrogens is 252 g/mol. The first kappa shape index (κ1) is 12.2. The largest absolute Gasteiger partial charge is 0.478 e. The normalized spacial score (nSPS) is 10.4. The van der Waals surface area contributed by atoms with E-state index in [0.717, 1.165) is 16.8 Å². The minimum absolute atomic E-state index is 0.178. The van der Waals surface area contributed by atoms with Crippen LogP contribution in [0, 0.1) is 0 Å². The number of hydrogen-bond donors (Lipinski definition) is 1. The number of hydrogen-bond acceptors (Lipinski definition) is 2.